The smallest absolute Gasteiger partial charge is 0.291 e. The lowest BCUT2D eigenvalue weighted by atomic mass is 10.2. The van der Waals surface area contributed by atoms with Gasteiger partial charge in [0.2, 0.25) is 11.8 Å². The van der Waals surface area contributed by atoms with Crippen LogP contribution in [0.4, 0.5) is 5.95 Å². The van der Waals surface area contributed by atoms with Gasteiger partial charge < -0.3 is 10.2 Å². The molecule has 2 aromatic carbocycles. The van der Waals surface area contributed by atoms with Crippen LogP contribution in [0.3, 0.4) is 0 Å². The number of nitrogens with zero attached hydrogens (tertiary/aromatic N) is 7. The maximum absolute atomic E-state index is 13.1. The number of aromatic nitrogens is 5. The second-order valence-corrected chi connectivity index (χ2v) is 8.58. The SMILES string of the molecule is CC(CN1CCN(c2ncccn2)CC1)NC(=O)c1nc(-c2ccccc2)n(-c2ccccc2)n1. The van der Waals surface area contributed by atoms with Gasteiger partial charge >= 0.3 is 0 Å². The van der Waals surface area contributed by atoms with E-state index in [1.165, 1.54) is 0 Å². The van der Waals surface area contributed by atoms with E-state index < -0.39 is 0 Å². The van der Waals surface area contributed by atoms with Crippen molar-refractivity contribution in [3.05, 3.63) is 84.9 Å². The highest BCUT2D eigenvalue weighted by Gasteiger charge is 2.23. The highest BCUT2D eigenvalue weighted by Crippen LogP contribution is 2.21. The molecular formula is C26H28N8O. The van der Waals surface area contributed by atoms with E-state index in [9.17, 15) is 4.79 Å². The standard InChI is InChI=1S/C26H28N8O/c1-20(19-32-15-17-33(18-16-32)26-27-13-8-14-28-26)29-25(35)23-30-24(21-9-4-2-5-10-21)34(31-23)22-11-6-3-7-12-22/h2-14,20H,15-19H2,1H3,(H,29,35). The van der Waals surface area contributed by atoms with Gasteiger partial charge in [0.05, 0.1) is 5.69 Å². The first kappa shape index (κ1) is 22.7. The molecule has 1 fully saturated rings. The van der Waals surface area contributed by atoms with Gasteiger partial charge in [-0.3, -0.25) is 9.69 Å². The summed E-state index contributed by atoms with van der Waals surface area (Å²) >= 11 is 0. The van der Waals surface area contributed by atoms with Crippen molar-refractivity contribution in [1.29, 1.82) is 0 Å². The van der Waals surface area contributed by atoms with E-state index in [0.717, 1.165) is 49.9 Å². The molecule has 1 unspecified atom stereocenters. The van der Waals surface area contributed by atoms with E-state index in [1.54, 1.807) is 17.1 Å². The van der Waals surface area contributed by atoms with Crippen LogP contribution in [-0.2, 0) is 0 Å². The predicted molar refractivity (Wildman–Crippen MR) is 134 cm³/mol. The first-order valence-corrected chi connectivity index (χ1v) is 11.8. The number of carbonyl (C=O) groups is 1. The Bertz CT molecular complexity index is 1180. The summed E-state index contributed by atoms with van der Waals surface area (Å²) in [5, 5.41) is 7.63. The van der Waals surface area contributed by atoms with E-state index >= 15 is 0 Å². The molecule has 0 saturated carbocycles. The van der Waals surface area contributed by atoms with Crippen molar-refractivity contribution in [3.8, 4) is 17.1 Å². The van der Waals surface area contributed by atoms with Gasteiger partial charge in [0.25, 0.3) is 5.91 Å². The van der Waals surface area contributed by atoms with Crippen LogP contribution >= 0.6 is 0 Å². The van der Waals surface area contributed by atoms with Crippen LogP contribution in [0.15, 0.2) is 79.1 Å². The first-order valence-electron chi connectivity index (χ1n) is 11.8. The minimum atomic E-state index is -0.277. The molecule has 1 N–H and O–H groups in total. The number of anilines is 1. The summed E-state index contributed by atoms with van der Waals surface area (Å²) in [6.07, 6.45) is 3.53. The third kappa shape index (κ3) is 5.36. The van der Waals surface area contributed by atoms with Gasteiger partial charge in [-0.15, -0.1) is 5.10 Å². The average Bonchev–Trinajstić information content (AvgIpc) is 3.37. The van der Waals surface area contributed by atoms with Gasteiger partial charge in [-0.1, -0.05) is 48.5 Å². The number of piperazine rings is 1. The Hall–Kier alpha value is -4.11. The van der Waals surface area contributed by atoms with Crippen molar-refractivity contribution in [2.45, 2.75) is 13.0 Å². The summed E-state index contributed by atoms with van der Waals surface area (Å²) in [5.74, 6) is 1.28. The zero-order valence-corrected chi connectivity index (χ0v) is 19.7. The lowest BCUT2D eigenvalue weighted by Gasteiger charge is -2.35. The average molecular weight is 469 g/mol. The quantitative estimate of drug-likeness (QED) is 0.446. The maximum Gasteiger partial charge on any atom is 0.291 e. The minimum absolute atomic E-state index is 0.0501. The molecule has 0 bridgehead atoms. The molecule has 3 heterocycles. The highest BCUT2D eigenvalue weighted by molar-refractivity contribution is 5.91. The lowest BCUT2D eigenvalue weighted by molar-refractivity contribution is 0.0917. The molecular weight excluding hydrogens is 440 g/mol. The Balaban J connectivity index is 1.24. The first-order chi connectivity index (χ1) is 17.2. The van der Waals surface area contributed by atoms with Gasteiger partial charge in [-0.25, -0.2) is 19.6 Å². The molecule has 1 atom stereocenters. The van der Waals surface area contributed by atoms with Crippen molar-refractivity contribution in [1.82, 2.24) is 34.9 Å². The number of amides is 1. The molecule has 178 valence electrons. The van der Waals surface area contributed by atoms with Crippen LogP contribution < -0.4 is 10.2 Å². The molecule has 1 amide bonds. The number of hydrogen-bond acceptors (Lipinski definition) is 7. The van der Waals surface area contributed by atoms with Crippen LogP contribution in [0, 0.1) is 0 Å². The summed E-state index contributed by atoms with van der Waals surface area (Å²) in [4.78, 5) is 30.9. The minimum Gasteiger partial charge on any atom is -0.346 e. The van der Waals surface area contributed by atoms with E-state index in [0.29, 0.717) is 5.82 Å². The van der Waals surface area contributed by atoms with Crippen molar-refractivity contribution < 1.29 is 4.79 Å². The molecule has 9 heteroatoms. The summed E-state index contributed by atoms with van der Waals surface area (Å²) in [6.45, 7) is 6.24. The normalized spacial score (nSPS) is 15.1. The molecule has 35 heavy (non-hydrogen) atoms. The number of carbonyl (C=O) groups excluding carboxylic acids is 1. The van der Waals surface area contributed by atoms with Gasteiger partial charge in [0, 0.05) is 56.7 Å². The van der Waals surface area contributed by atoms with E-state index in [2.05, 4.69) is 35.2 Å². The van der Waals surface area contributed by atoms with Crippen LogP contribution in [0.25, 0.3) is 17.1 Å². The topological polar surface area (TPSA) is 92.1 Å². The second-order valence-electron chi connectivity index (χ2n) is 8.58. The number of nitrogens with one attached hydrogen (secondary N) is 1. The van der Waals surface area contributed by atoms with Gasteiger partial charge in [0.1, 0.15) is 0 Å². The van der Waals surface area contributed by atoms with E-state index in [-0.39, 0.29) is 17.8 Å². The monoisotopic (exact) mass is 468 g/mol. The second kappa shape index (κ2) is 10.4. The fraction of sp³-hybridized carbons (Fsp3) is 0.269. The molecule has 5 rings (SSSR count). The Morgan fingerprint density at radius 3 is 2.26 bits per heavy atom. The third-order valence-electron chi connectivity index (χ3n) is 5.96. The Morgan fingerprint density at radius 2 is 1.57 bits per heavy atom. The van der Waals surface area contributed by atoms with Gasteiger partial charge in [-0.2, -0.15) is 0 Å². The van der Waals surface area contributed by atoms with Crippen LogP contribution in [0.1, 0.15) is 17.5 Å². The summed E-state index contributed by atoms with van der Waals surface area (Å²) in [6, 6.07) is 21.3. The molecule has 1 aliphatic rings. The molecule has 0 aliphatic carbocycles. The van der Waals surface area contributed by atoms with E-state index in [4.69, 9.17) is 0 Å². The zero-order chi connectivity index (χ0) is 24.0. The predicted octanol–water partition coefficient (Wildman–Crippen LogP) is 2.66. The summed E-state index contributed by atoms with van der Waals surface area (Å²) in [5.41, 5.74) is 1.75. The molecule has 2 aromatic heterocycles. The summed E-state index contributed by atoms with van der Waals surface area (Å²) < 4.78 is 1.72. The van der Waals surface area contributed by atoms with Crippen molar-refractivity contribution in [2.24, 2.45) is 0 Å². The molecule has 1 saturated heterocycles. The van der Waals surface area contributed by atoms with Crippen LogP contribution in [0.5, 0.6) is 0 Å². The third-order valence-corrected chi connectivity index (χ3v) is 5.96. The maximum atomic E-state index is 13.1. The van der Waals surface area contributed by atoms with Crippen LogP contribution in [0.2, 0.25) is 0 Å². The van der Waals surface area contributed by atoms with E-state index in [1.807, 2.05) is 73.7 Å². The molecule has 4 aromatic rings. The van der Waals surface area contributed by atoms with Crippen LogP contribution in [-0.4, -0.2) is 74.3 Å². The molecule has 9 nitrogen and oxygen atoms in total. The number of benzene rings is 2. The van der Waals surface area contributed by atoms with Crippen molar-refractivity contribution >= 4 is 11.9 Å². The van der Waals surface area contributed by atoms with Gasteiger partial charge in [-0.05, 0) is 25.1 Å². The Morgan fingerprint density at radius 1 is 0.914 bits per heavy atom. The fourth-order valence-corrected chi connectivity index (χ4v) is 4.24. The molecule has 0 spiro atoms. The molecule has 1 aliphatic heterocycles. The Kier molecular flexibility index (Phi) is 6.76. The zero-order valence-electron chi connectivity index (χ0n) is 19.7. The van der Waals surface area contributed by atoms with Crippen molar-refractivity contribution in [2.75, 3.05) is 37.6 Å². The number of para-hydroxylation sites is 1. The molecule has 0 radical (unpaired) electrons. The van der Waals surface area contributed by atoms with Crippen molar-refractivity contribution in [3.63, 3.8) is 0 Å². The number of hydrogen-bond donors (Lipinski definition) is 1. The van der Waals surface area contributed by atoms with Gasteiger partial charge in [0.15, 0.2) is 5.82 Å². The lowest BCUT2D eigenvalue weighted by Crippen LogP contribution is -2.51. The largest absolute Gasteiger partial charge is 0.346 e. The summed E-state index contributed by atoms with van der Waals surface area (Å²) in [7, 11) is 0. The highest BCUT2D eigenvalue weighted by atomic mass is 16.2. The Labute approximate surface area is 204 Å². The fourth-order valence-electron chi connectivity index (χ4n) is 4.24. The number of rotatable bonds is 7.